The van der Waals surface area contributed by atoms with Crippen molar-refractivity contribution >= 4 is 5.69 Å². The zero-order valence-corrected chi connectivity index (χ0v) is 13.9. The van der Waals surface area contributed by atoms with Crippen LogP contribution in [0.2, 0.25) is 0 Å². The number of hydrogen-bond donors (Lipinski definition) is 0. The number of imidazole rings is 1. The van der Waals surface area contributed by atoms with E-state index in [0.29, 0.717) is 5.69 Å². The summed E-state index contributed by atoms with van der Waals surface area (Å²) < 4.78 is 16.3. The highest BCUT2D eigenvalue weighted by molar-refractivity contribution is 5.47. The third-order valence-corrected chi connectivity index (χ3v) is 4.70. The molecule has 1 aliphatic rings. The molecule has 1 fully saturated rings. The van der Waals surface area contributed by atoms with Crippen LogP contribution in [-0.4, -0.2) is 32.6 Å². The predicted octanol–water partition coefficient (Wildman–Crippen LogP) is 3.24. The maximum atomic E-state index is 14.1. The summed E-state index contributed by atoms with van der Waals surface area (Å²) >= 11 is 0. The lowest BCUT2D eigenvalue weighted by atomic mass is 9.96. The van der Waals surface area contributed by atoms with Crippen molar-refractivity contribution in [3.8, 4) is 0 Å². The molecule has 3 aromatic heterocycles. The van der Waals surface area contributed by atoms with Crippen LogP contribution >= 0.6 is 0 Å². The van der Waals surface area contributed by atoms with E-state index in [4.69, 9.17) is 0 Å². The average Bonchev–Trinajstić information content (AvgIpc) is 3.11. The van der Waals surface area contributed by atoms with E-state index in [1.807, 2.05) is 24.7 Å². The van der Waals surface area contributed by atoms with E-state index < -0.39 is 0 Å². The van der Waals surface area contributed by atoms with Crippen molar-refractivity contribution in [2.45, 2.75) is 25.3 Å². The Kier molecular flexibility index (Phi) is 4.41. The van der Waals surface area contributed by atoms with Crippen molar-refractivity contribution in [3.05, 3.63) is 72.6 Å². The number of pyridine rings is 2. The molecule has 0 aromatic carbocycles. The van der Waals surface area contributed by atoms with E-state index in [-0.39, 0.29) is 11.7 Å². The van der Waals surface area contributed by atoms with E-state index >= 15 is 0 Å². The quantitative estimate of drug-likeness (QED) is 0.733. The van der Waals surface area contributed by atoms with Gasteiger partial charge in [-0.25, -0.2) is 9.37 Å². The van der Waals surface area contributed by atoms with Gasteiger partial charge in [0, 0.05) is 50.0 Å². The van der Waals surface area contributed by atoms with Gasteiger partial charge in [-0.2, -0.15) is 0 Å². The van der Waals surface area contributed by atoms with Gasteiger partial charge in [-0.3, -0.25) is 9.97 Å². The number of hydrogen-bond acceptors (Lipinski definition) is 4. The van der Waals surface area contributed by atoms with Gasteiger partial charge in [0.2, 0.25) is 0 Å². The Morgan fingerprint density at radius 3 is 2.88 bits per heavy atom. The second-order valence-corrected chi connectivity index (χ2v) is 6.39. The minimum absolute atomic E-state index is 0.262. The summed E-state index contributed by atoms with van der Waals surface area (Å²) in [5.74, 6) is 1.08. The molecule has 3 aromatic rings. The molecule has 0 aliphatic carbocycles. The van der Waals surface area contributed by atoms with Crippen LogP contribution in [0.15, 0.2) is 55.4 Å². The summed E-state index contributed by atoms with van der Waals surface area (Å²) in [6.45, 7) is 2.38. The molecule has 5 nitrogen and oxygen atoms in total. The Hall–Kier alpha value is -2.76. The summed E-state index contributed by atoms with van der Waals surface area (Å²) in [4.78, 5) is 14.7. The summed E-state index contributed by atoms with van der Waals surface area (Å²) in [6.07, 6.45) is 12.5. The van der Waals surface area contributed by atoms with Gasteiger partial charge >= 0.3 is 0 Å². The Balaban J connectivity index is 1.54. The monoisotopic (exact) mass is 337 g/mol. The van der Waals surface area contributed by atoms with Gasteiger partial charge < -0.3 is 9.47 Å². The number of anilines is 1. The lowest BCUT2D eigenvalue weighted by Gasteiger charge is -2.34. The number of aromatic nitrogens is 4. The zero-order valence-electron chi connectivity index (χ0n) is 13.9. The first-order valence-corrected chi connectivity index (χ1v) is 8.55. The van der Waals surface area contributed by atoms with Crippen LogP contribution in [-0.2, 0) is 6.54 Å². The maximum absolute atomic E-state index is 14.1. The minimum Gasteiger partial charge on any atom is -0.368 e. The first kappa shape index (κ1) is 15.7. The normalized spacial score (nSPS) is 17.6. The average molecular weight is 337 g/mol. The molecule has 4 rings (SSSR count). The standard InChI is InChI=1S/C19H20FN5/c20-17-12-22-7-5-18(17)24-9-2-4-16(14-24)19-23-8-10-25(19)13-15-3-1-6-21-11-15/h1,3,5-8,10-12,16H,2,4,9,13-14H2/t16-/m1/s1. The Morgan fingerprint density at radius 2 is 2.04 bits per heavy atom. The molecule has 0 spiro atoms. The fourth-order valence-corrected chi connectivity index (χ4v) is 3.53. The molecule has 0 N–H and O–H groups in total. The van der Waals surface area contributed by atoms with Gasteiger partial charge in [0.15, 0.2) is 5.82 Å². The van der Waals surface area contributed by atoms with Crippen LogP contribution in [0.4, 0.5) is 10.1 Å². The van der Waals surface area contributed by atoms with Gasteiger partial charge in [0.05, 0.1) is 18.4 Å². The molecule has 25 heavy (non-hydrogen) atoms. The van der Waals surface area contributed by atoms with Crippen LogP contribution in [0.25, 0.3) is 0 Å². The van der Waals surface area contributed by atoms with Crippen LogP contribution < -0.4 is 4.90 Å². The Bertz CT molecular complexity index is 833. The highest BCUT2D eigenvalue weighted by Crippen LogP contribution is 2.30. The maximum Gasteiger partial charge on any atom is 0.164 e. The fourth-order valence-electron chi connectivity index (χ4n) is 3.53. The molecule has 0 radical (unpaired) electrons. The molecule has 0 bridgehead atoms. The Labute approximate surface area is 146 Å². The minimum atomic E-state index is -0.262. The van der Waals surface area contributed by atoms with Gasteiger partial charge in [0.25, 0.3) is 0 Å². The van der Waals surface area contributed by atoms with Crippen molar-refractivity contribution in [2.24, 2.45) is 0 Å². The smallest absolute Gasteiger partial charge is 0.164 e. The highest BCUT2D eigenvalue weighted by atomic mass is 19.1. The summed E-state index contributed by atoms with van der Waals surface area (Å²) in [5, 5.41) is 0. The molecule has 1 atom stereocenters. The Morgan fingerprint density at radius 1 is 1.12 bits per heavy atom. The second-order valence-electron chi connectivity index (χ2n) is 6.39. The predicted molar refractivity (Wildman–Crippen MR) is 93.9 cm³/mol. The SMILES string of the molecule is Fc1cnccc1N1CCC[C@@H](c2nccn2Cc2cccnc2)C1. The van der Waals surface area contributed by atoms with Gasteiger partial charge in [-0.15, -0.1) is 0 Å². The highest BCUT2D eigenvalue weighted by Gasteiger charge is 2.26. The third-order valence-electron chi connectivity index (χ3n) is 4.70. The van der Waals surface area contributed by atoms with Gasteiger partial charge in [-0.05, 0) is 30.5 Å². The lowest BCUT2D eigenvalue weighted by Crippen LogP contribution is -2.36. The number of halogens is 1. The lowest BCUT2D eigenvalue weighted by molar-refractivity contribution is 0.470. The number of piperidine rings is 1. The van der Waals surface area contributed by atoms with Crippen LogP contribution in [0, 0.1) is 5.82 Å². The summed E-state index contributed by atoms with van der Waals surface area (Å²) in [5.41, 5.74) is 1.78. The molecule has 6 heteroatoms. The van der Waals surface area contributed by atoms with Crippen LogP contribution in [0.1, 0.15) is 30.1 Å². The molecular weight excluding hydrogens is 317 g/mol. The third kappa shape index (κ3) is 3.38. The van der Waals surface area contributed by atoms with Gasteiger partial charge in [0.1, 0.15) is 5.82 Å². The topological polar surface area (TPSA) is 46.8 Å². The first-order valence-electron chi connectivity index (χ1n) is 8.55. The largest absolute Gasteiger partial charge is 0.368 e. The molecule has 0 saturated carbocycles. The molecule has 1 aliphatic heterocycles. The second kappa shape index (κ2) is 7.01. The van der Waals surface area contributed by atoms with Crippen molar-refractivity contribution in [1.29, 1.82) is 0 Å². The fraction of sp³-hybridized carbons (Fsp3) is 0.316. The van der Waals surface area contributed by atoms with E-state index in [1.54, 1.807) is 18.5 Å². The van der Waals surface area contributed by atoms with Crippen molar-refractivity contribution in [1.82, 2.24) is 19.5 Å². The van der Waals surface area contributed by atoms with E-state index in [2.05, 4.69) is 30.5 Å². The molecule has 128 valence electrons. The van der Waals surface area contributed by atoms with Crippen LogP contribution in [0.3, 0.4) is 0 Å². The van der Waals surface area contributed by atoms with Crippen molar-refractivity contribution in [2.75, 3.05) is 18.0 Å². The molecular formula is C19H20FN5. The first-order chi connectivity index (χ1) is 12.3. The van der Waals surface area contributed by atoms with Crippen molar-refractivity contribution in [3.63, 3.8) is 0 Å². The van der Waals surface area contributed by atoms with Crippen molar-refractivity contribution < 1.29 is 4.39 Å². The zero-order chi connectivity index (χ0) is 17.1. The number of nitrogens with zero attached hydrogens (tertiary/aromatic N) is 5. The number of rotatable bonds is 4. The molecule has 0 unspecified atom stereocenters. The van der Waals surface area contributed by atoms with E-state index in [0.717, 1.165) is 43.9 Å². The molecule has 4 heterocycles. The van der Waals surface area contributed by atoms with E-state index in [9.17, 15) is 4.39 Å². The van der Waals surface area contributed by atoms with E-state index in [1.165, 1.54) is 6.20 Å². The molecule has 1 saturated heterocycles. The van der Waals surface area contributed by atoms with Crippen LogP contribution in [0.5, 0.6) is 0 Å². The summed E-state index contributed by atoms with van der Waals surface area (Å²) in [7, 11) is 0. The molecule has 0 amide bonds. The summed E-state index contributed by atoms with van der Waals surface area (Å²) in [6, 6.07) is 5.76. The van der Waals surface area contributed by atoms with Gasteiger partial charge in [-0.1, -0.05) is 6.07 Å².